The van der Waals surface area contributed by atoms with Crippen molar-refractivity contribution in [3.05, 3.63) is 35.4 Å². The predicted octanol–water partition coefficient (Wildman–Crippen LogP) is 2.12. The van der Waals surface area contributed by atoms with Gasteiger partial charge in [0.1, 0.15) is 0 Å². The maximum absolute atomic E-state index is 11.1. The summed E-state index contributed by atoms with van der Waals surface area (Å²) in [7, 11) is 1.37. The quantitative estimate of drug-likeness (QED) is 0.444. The van der Waals surface area contributed by atoms with Crippen LogP contribution in [-0.4, -0.2) is 24.8 Å². The second kappa shape index (κ2) is 6.06. The molecule has 0 saturated heterocycles. The number of rotatable bonds is 4. The lowest BCUT2D eigenvalue weighted by molar-refractivity contribution is 0.0600. The number of nitrogens with zero attached hydrogens (tertiary/aromatic N) is 1. The van der Waals surface area contributed by atoms with Gasteiger partial charge in [0.25, 0.3) is 0 Å². The molecule has 1 aromatic rings. The highest BCUT2D eigenvalue weighted by molar-refractivity contribution is 7.78. The molecular weight excluding hydrogens is 210 g/mol. The molecule has 3 nitrogen and oxygen atoms in total. The van der Waals surface area contributed by atoms with Gasteiger partial charge in [0.2, 0.25) is 0 Å². The Morgan fingerprint density at radius 1 is 1.47 bits per heavy atom. The molecule has 0 aliphatic carbocycles. The Morgan fingerprint density at radius 3 is 2.67 bits per heavy atom. The summed E-state index contributed by atoms with van der Waals surface area (Å²) in [5.41, 5.74) is 1.66. The van der Waals surface area contributed by atoms with Crippen molar-refractivity contribution in [1.82, 2.24) is 0 Å². The van der Waals surface area contributed by atoms with Crippen LogP contribution in [-0.2, 0) is 11.2 Å². The molecule has 0 N–H and O–H groups in total. The summed E-state index contributed by atoms with van der Waals surface area (Å²) in [5, 5.41) is 2.31. The van der Waals surface area contributed by atoms with Crippen LogP contribution in [0.1, 0.15) is 15.9 Å². The molecule has 15 heavy (non-hydrogen) atoms. The molecule has 0 aliphatic rings. The normalized spacial score (nSPS) is 9.13. The van der Waals surface area contributed by atoms with Crippen molar-refractivity contribution in [3.8, 4) is 0 Å². The molecule has 1 aromatic carbocycles. The van der Waals surface area contributed by atoms with Crippen LogP contribution in [0.5, 0.6) is 0 Å². The Morgan fingerprint density at radius 2 is 2.13 bits per heavy atom. The van der Waals surface area contributed by atoms with Gasteiger partial charge in [-0.2, -0.15) is 0 Å². The zero-order valence-corrected chi connectivity index (χ0v) is 9.21. The number of thiocarbonyl (C=S) groups is 1. The van der Waals surface area contributed by atoms with Crippen LogP contribution in [0.15, 0.2) is 29.3 Å². The van der Waals surface area contributed by atoms with E-state index in [1.165, 1.54) is 7.11 Å². The van der Waals surface area contributed by atoms with Crippen LogP contribution in [0.4, 0.5) is 0 Å². The molecule has 0 bridgehead atoms. The first-order valence-electron chi connectivity index (χ1n) is 4.49. The minimum Gasteiger partial charge on any atom is -0.465 e. The average Bonchev–Trinajstić information content (AvgIpc) is 2.29. The third kappa shape index (κ3) is 3.62. The second-order valence-corrected chi connectivity index (χ2v) is 3.09. The lowest BCUT2D eigenvalue weighted by Gasteiger charge is -2.00. The van der Waals surface area contributed by atoms with E-state index in [0.717, 1.165) is 12.0 Å². The van der Waals surface area contributed by atoms with E-state index in [1.54, 1.807) is 12.1 Å². The van der Waals surface area contributed by atoms with Crippen LogP contribution >= 0.6 is 12.2 Å². The fourth-order valence-electron chi connectivity index (χ4n) is 1.16. The average molecular weight is 221 g/mol. The van der Waals surface area contributed by atoms with Crippen molar-refractivity contribution in [1.29, 1.82) is 0 Å². The van der Waals surface area contributed by atoms with Crippen molar-refractivity contribution in [2.45, 2.75) is 6.42 Å². The number of hydrogen-bond donors (Lipinski definition) is 0. The van der Waals surface area contributed by atoms with Gasteiger partial charge in [-0.05, 0) is 36.3 Å². The Bertz CT molecular complexity index is 380. The maximum Gasteiger partial charge on any atom is 0.337 e. The zero-order chi connectivity index (χ0) is 11.1. The number of aliphatic imine (C=N–C) groups is 1. The summed E-state index contributed by atoms with van der Waals surface area (Å²) in [6.45, 7) is 0.626. The summed E-state index contributed by atoms with van der Waals surface area (Å²) in [4.78, 5) is 14.9. The Kier molecular flexibility index (Phi) is 4.68. The van der Waals surface area contributed by atoms with E-state index in [-0.39, 0.29) is 5.97 Å². The Labute approximate surface area is 93.8 Å². The van der Waals surface area contributed by atoms with Crippen LogP contribution in [0, 0.1) is 0 Å². The second-order valence-electron chi connectivity index (χ2n) is 2.91. The molecule has 0 aromatic heterocycles. The summed E-state index contributed by atoms with van der Waals surface area (Å²) in [5.74, 6) is -0.321. The van der Waals surface area contributed by atoms with Crippen molar-refractivity contribution < 1.29 is 9.53 Å². The highest BCUT2D eigenvalue weighted by Crippen LogP contribution is 2.06. The first kappa shape index (κ1) is 11.6. The number of isothiocyanates is 1. The smallest absolute Gasteiger partial charge is 0.337 e. The summed E-state index contributed by atoms with van der Waals surface area (Å²) in [6.07, 6.45) is 0.797. The van der Waals surface area contributed by atoms with E-state index >= 15 is 0 Å². The molecule has 0 saturated carbocycles. The molecule has 0 unspecified atom stereocenters. The molecule has 0 amide bonds. The van der Waals surface area contributed by atoms with E-state index in [1.807, 2.05) is 12.1 Å². The number of carbonyl (C=O) groups excluding carboxylic acids is 1. The number of carbonyl (C=O) groups is 1. The Hall–Kier alpha value is -1.51. The van der Waals surface area contributed by atoms with E-state index in [0.29, 0.717) is 12.1 Å². The highest BCUT2D eigenvalue weighted by Gasteiger charge is 2.03. The topological polar surface area (TPSA) is 38.7 Å². The highest BCUT2D eigenvalue weighted by atomic mass is 32.1. The third-order valence-electron chi connectivity index (χ3n) is 1.95. The van der Waals surface area contributed by atoms with E-state index in [4.69, 9.17) is 0 Å². The van der Waals surface area contributed by atoms with Crippen LogP contribution in [0.2, 0.25) is 0 Å². The standard InChI is InChI=1S/C11H11NO2S/c1-14-11(13)10-4-2-9(3-5-10)6-7-12-8-15/h2-5H,6-7H2,1H3. The first-order chi connectivity index (χ1) is 7.27. The van der Waals surface area contributed by atoms with Gasteiger partial charge in [-0.1, -0.05) is 12.1 Å². The predicted molar refractivity (Wildman–Crippen MR) is 61.4 cm³/mol. The van der Waals surface area contributed by atoms with Gasteiger partial charge in [0, 0.05) is 0 Å². The fourth-order valence-corrected chi connectivity index (χ4v) is 1.25. The van der Waals surface area contributed by atoms with Crippen molar-refractivity contribution in [3.63, 3.8) is 0 Å². The SMILES string of the molecule is COC(=O)c1ccc(CCN=C=S)cc1. The molecule has 0 spiro atoms. The molecule has 1 rings (SSSR count). The molecule has 0 fully saturated rings. The van der Waals surface area contributed by atoms with Gasteiger partial charge in [-0.15, -0.1) is 0 Å². The minimum absolute atomic E-state index is 0.321. The Balaban J connectivity index is 2.63. The zero-order valence-electron chi connectivity index (χ0n) is 8.40. The van der Waals surface area contributed by atoms with Gasteiger partial charge in [-0.3, -0.25) is 0 Å². The third-order valence-corrected chi connectivity index (χ3v) is 2.08. The molecule has 78 valence electrons. The van der Waals surface area contributed by atoms with E-state index in [2.05, 4.69) is 27.1 Å². The number of ether oxygens (including phenoxy) is 1. The molecule has 4 heteroatoms. The minimum atomic E-state index is -0.321. The fraction of sp³-hybridized carbons (Fsp3) is 0.273. The molecule has 0 heterocycles. The largest absolute Gasteiger partial charge is 0.465 e. The van der Waals surface area contributed by atoms with Crippen molar-refractivity contribution >= 4 is 23.3 Å². The van der Waals surface area contributed by atoms with Crippen LogP contribution in [0.3, 0.4) is 0 Å². The lowest BCUT2D eigenvalue weighted by Crippen LogP contribution is -2.01. The van der Waals surface area contributed by atoms with Crippen LogP contribution < -0.4 is 0 Å². The van der Waals surface area contributed by atoms with Gasteiger partial charge in [0.05, 0.1) is 24.4 Å². The van der Waals surface area contributed by atoms with E-state index < -0.39 is 0 Å². The summed E-state index contributed by atoms with van der Waals surface area (Å²) < 4.78 is 4.59. The molecule has 0 aliphatic heterocycles. The van der Waals surface area contributed by atoms with Crippen molar-refractivity contribution in [2.24, 2.45) is 4.99 Å². The molecule has 0 atom stereocenters. The maximum atomic E-state index is 11.1. The summed E-state index contributed by atoms with van der Waals surface area (Å²) >= 11 is 4.46. The molecule has 0 radical (unpaired) electrons. The molecular formula is C11H11NO2S. The number of benzene rings is 1. The lowest BCUT2D eigenvalue weighted by atomic mass is 10.1. The van der Waals surface area contributed by atoms with E-state index in [9.17, 15) is 4.79 Å². The van der Waals surface area contributed by atoms with Gasteiger partial charge in [-0.25, -0.2) is 9.79 Å². The van der Waals surface area contributed by atoms with Gasteiger partial charge in [0.15, 0.2) is 0 Å². The van der Waals surface area contributed by atoms with Gasteiger partial charge >= 0.3 is 5.97 Å². The van der Waals surface area contributed by atoms with Crippen molar-refractivity contribution in [2.75, 3.05) is 13.7 Å². The first-order valence-corrected chi connectivity index (χ1v) is 4.89. The van der Waals surface area contributed by atoms with Crippen LogP contribution in [0.25, 0.3) is 0 Å². The summed E-state index contributed by atoms with van der Waals surface area (Å²) in [6, 6.07) is 7.24. The number of esters is 1. The number of hydrogen-bond acceptors (Lipinski definition) is 4. The number of methoxy groups -OCH3 is 1. The van der Waals surface area contributed by atoms with Gasteiger partial charge < -0.3 is 4.74 Å². The monoisotopic (exact) mass is 221 g/mol.